The lowest BCUT2D eigenvalue weighted by Gasteiger charge is -2.36. The molecule has 1 aliphatic rings. The van der Waals surface area contributed by atoms with Gasteiger partial charge in [0.2, 0.25) is 0 Å². The molecule has 0 saturated carbocycles. The van der Waals surface area contributed by atoms with E-state index in [2.05, 4.69) is 26.0 Å². The predicted octanol–water partition coefficient (Wildman–Crippen LogP) is 4.18. The molecule has 0 saturated heterocycles. The van der Waals surface area contributed by atoms with Gasteiger partial charge in [0, 0.05) is 16.8 Å². The fourth-order valence-corrected chi connectivity index (χ4v) is 2.73. The molecule has 1 atom stereocenters. The topological polar surface area (TPSA) is 33.1 Å². The Hall–Kier alpha value is -1.38. The molecule has 1 aromatic heterocycles. The Labute approximate surface area is 126 Å². The molecule has 2 aromatic rings. The maximum atomic E-state index is 10.4. The Bertz CT molecular complexity index is 595. The van der Waals surface area contributed by atoms with Crippen LogP contribution in [0.3, 0.4) is 0 Å². The summed E-state index contributed by atoms with van der Waals surface area (Å²) in [6.07, 6.45) is 1.51. The number of hydrogen-bond donors (Lipinski definition) is 1. The largest absolute Gasteiger partial charge is 0.388 e. The number of benzene rings is 1. The molecule has 1 heterocycles. The van der Waals surface area contributed by atoms with Crippen LogP contribution in [0.5, 0.6) is 0 Å². The summed E-state index contributed by atoms with van der Waals surface area (Å²) in [7, 11) is 0. The molecule has 0 spiro atoms. The van der Waals surface area contributed by atoms with E-state index >= 15 is 0 Å². The fraction of sp³-hybridized carbons (Fsp3) is 0.353. The standard InChI is InChI=1S/C17H19NO.ClH/c1-17(2)11-10-15-13(16(17)19)8-9-14(18-15)12-6-4-3-5-7-12;/h3-9,16,19H,10-11H2,1-2H3;1H. The summed E-state index contributed by atoms with van der Waals surface area (Å²) in [6.45, 7) is 4.23. The first-order valence-electron chi connectivity index (χ1n) is 6.81. The second-order valence-electron chi connectivity index (χ2n) is 5.99. The summed E-state index contributed by atoms with van der Waals surface area (Å²) in [5, 5.41) is 10.4. The minimum atomic E-state index is -0.409. The number of aliphatic hydroxyl groups excluding tert-OH is 1. The van der Waals surface area contributed by atoms with Crippen molar-refractivity contribution in [2.45, 2.75) is 32.8 Å². The van der Waals surface area contributed by atoms with Crippen molar-refractivity contribution in [2.75, 3.05) is 0 Å². The number of rotatable bonds is 1. The van der Waals surface area contributed by atoms with Gasteiger partial charge >= 0.3 is 0 Å². The van der Waals surface area contributed by atoms with E-state index in [1.165, 1.54) is 0 Å². The molecule has 0 amide bonds. The SMILES string of the molecule is CC1(C)CCc2nc(-c3ccccc3)ccc2C1O.Cl. The first-order chi connectivity index (χ1) is 9.08. The molecular weight excluding hydrogens is 270 g/mol. The Morgan fingerprint density at radius 2 is 1.80 bits per heavy atom. The fourth-order valence-electron chi connectivity index (χ4n) is 2.73. The van der Waals surface area contributed by atoms with E-state index in [0.29, 0.717) is 0 Å². The van der Waals surface area contributed by atoms with Crippen molar-refractivity contribution < 1.29 is 5.11 Å². The number of fused-ring (bicyclic) bond motifs is 1. The molecule has 2 nitrogen and oxygen atoms in total. The van der Waals surface area contributed by atoms with Gasteiger partial charge in [-0.05, 0) is 24.3 Å². The number of halogens is 1. The molecule has 106 valence electrons. The van der Waals surface area contributed by atoms with Crippen LogP contribution in [0.2, 0.25) is 0 Å². The zero-order valence-electron chi connectivity index (χ0n) is 11.8. The van der Waals surface area contributed by atoms with Gasteiger partial charge in [0.05, 0.1) is 11.8 Å². The summed E-state index contributed by atoms with van der Waals surface area (Å²) in [4.78, 5) is 4.74. The van der Waals surface area contributed by atoms with Gasteiger partial charge in [-0.2, -0.15) is 0 Å². The van der Waals surface area contributed by atoms with E-state index in [9.17, 15) is 5.11 Å². The third-order valence-corrected chi connectivity index (χ3v) is 4.12. The molecule has 1 aliphatic carbocycles. The van der Waals surface area contributed by atoms with Crippen LogP contribution in [0.1, 0.15) is 37.6 Å². The highest BCUT2D eigenvalue weighted by atomic mass is 35.5. The van der Waals surface area contributed by atoms with Gasteiger partial charge in [0.25, 0.3) is 0 Å². The lowest BCUT2D eigenvalue weighted by Crippen LogP contribution is -2.28. The Kier molecular flexibility index (Phi) is 4.17. The quantitative estimate of drug-likeness (QED) is 0.854. The zero-order valence-corrected chi connectivity index (χ0v) is 12.7. The highest BCUT2D eigenvalue weighted by Crippen LogP contribution is 2.43. The molecular formula is C17H20ClNO. The van der Waals surface area contributed by atoms with Crippen LogP contribution in [0.4, 0.5) is 0 Å². The maximum absolute atomic E-state index is 10.4. The second-order valence-corrected chi connectivity index (χ2v) is 5.99. The van der Waals surface area contributed by atoms with Gasteiger partial charge in [0.1, 0.15) is 0 Å². The number of hydrogen-bond acceptors (Lipinski definition) is 2. The number of aryl methyl sites for hydroxylation is 1. The van der Waals surface area contributed by atoms with E-state index < -0.39 is 6.10 Å². The lowest BCUT2D eigenvalue weighted by molar-refractivity contribution is 0.0330. The molecule has 0 radical (unpaired) electrons. The molecule has 3 heteroatoms. The van der Waals surface area contributed by atoms with Gasteiger partial charge in [-0.15, -0.1) is 12.4 Å². The number of aromatic nitrogens is 1. The molecule has 1 unspecified atom stereocenters. The Morgan fingerprint density at radius 3 is 2.50 bits per heavy atom. The van der Waals surface area contributed by atoms with Crippen LogP contribution in [-0.2, 0) is 6.42 Å². The molecule has 0 fully saturated rings. The van der Waals surface area contributed by atoms with Crippen LogP contribution in [0.25, 0.3) is 11.3 Å². The molecule has 20 heavy (non-hydrogen) atoms. The van der Waals surface area contributed by atoms with Crippen molar-refractivity contribution in [3.05, 3.63) is 53.7 Å². The third kappa shape index (κ3) is 2.58. The summed E-state index contributed by atoms with van der Waals surface area (Å²) < 4.78 is 0. The molecule has 1 aromatic carbocycles. The molecule has 1 N–H and O–H groups in total. The van der Waals surface area contributed by atoms with Gasteiger partial charge in [-0.25, -0.2) is 0 Å². The molecule has 3 rings (SSSR count). The summed E-state index contributed by atoms with van der Waals surface area (Å²) in [5.74, 6) is 0. The normalized spacial score (nSPS) is 19.9. The first-order valence-corrected chi connectivity index (χ1v) is 6.81. The third-order valence-electron chi connectivity index (χ3n) is 4.12. The van der Waals surface area contributed by atoms with Crippen LogP contribution in [-0.4, -0.2) is 10.1 Å². The van der Waals surface area contributed by atoms with Gasteiger partial charge < -0.3 is 5.11 Å². The Morgan fingerprint density at radius 1 is 1.10 bits per heavy atom. The van der Waals surface area contributed by atoms with Crippen LogP contribution in [0.15, 0.2) is 42.5 Å². The van der Waals surface area contributed by atoms with E-state index in [1.807, 2.05) is 30.3 Å². The summed E-state index contributed by atoms with van der Waals surface area (Å²) in [5.41, 5.74) is 4.11. The summed E-state index contributed by atoms with van der Waals surface area (Å²) in [6, 6.07) is 14.2. The van der Waals surface area contributed by atoms with E-state index in [1.54, 1.807) is 0 Å². The minimum absolute atomic E-state index is 0. The van der Waals surface area contributed by atoms with E-state index in [4.69, 9.17) is 4.98 Å². The molecule has 0 bridgehead atoms. The van der Waals surface area contributed by atoms with Crippen LogP contribution in [0, 0.1) is 5.41 Å². The van der Waals surface area contributed by atoms with Gasteiger partial charge in [-0.1, -0.05) is 50.2 Å². The highest BCUT2D eigenvalue weighted by molar-refractivity contribution is 5.85. The van der Waals surface area contributed by atoms with Crippen molar-refractivity contribution in [2.24, 2.45) is 5.41 Å². The number of pyridine rings is 1. The van der Waals surface area contributed by atoms with E-state index in [0.717, 1.165) is 35.4 Å². The number of aliphatic hydroxyl groups is 1. The first kappa shape index (κ1) is 15.0. The lowest BCUT2D eigenvalue weighted by atomic mass is 9.73. The van der Waals surface area contributed by atoms with Crippen molar-refractivity contribution in [1.29, 1.82) is 0 Å². The van der Waals surface area contributed by atoms with Crippen molar-refractivity contribution in [3.8, 4) is 11.3 Å². The van der Waals surface area contributed by atoms with Gasteiger partial charge in [0.15, 0.2) is 0 Å². The van der Waals surface area contributed by atoms with Gasteiger partial charge in [-0.3, -0.25) is 4.98 Å². The van der Waals surface area contributed by atoms with Crippen molar-refractivity contribution >= 4 is 12.4 Å². The zero-order chi connectivity index (χ0) is 13.5. The summed E-state index contributed by atoms with van der Waals surface area (Å²) >= 11 is 0. The van der Waals surface area contributed by atoms with Crippen molar-refractivity contribution in [1.82, 2.24) is 4.98 Å². The second kappa shape index (κ2) is 5.55. The van der Waals surface area contributed by atoms with Crippen LogP contribution < -0.4 is 0 Å². The average Bonchev–Trinajstić information content (AvgIpc) is 2.44. The number of nitrogens with zero attached hydrogens (tertiary/aromatic N) is 1. The predicted molar refractivity (Wildman–Crippen MR) is 84.0 cm³/mol. The molecule has 0 aliphatic heterocycles. The van der Waals surface area contributed by atoms with E-state index in [-0.39, 0.29) is 17.8 Å². The maximum Gasteiger partial charge on any atom is 0.0858 e. The smallest absolute Gasteiger partial charge is 0.0858 e. The highest BCUT2D eigenvalue weighted by Gasteiger charge is 2.35. The Balaban J connectivity index is 0.00000147. The average molecular weight is 290 g/mol. The monoisotopic (exact) mass is 289 g/mol. The minimum Gasteiger partial charge on any atom is -0.388 e. The van der Waals surface area contributed by atoms with Crippen LogP contribution >= 0.6 is 12.4 Å². The van der Waals surface area contributed by atoms with Crippen molar-refractivity contribution in [3.63, 3.8) is 0 Å².